The van der Waals surface area contributed by atoms with Crippen molar-refractivity contribution in [3.05, 3.63) is 40.0 Å². The fourth-order valence-corrected chi connectivity index (χ4v) is 2.09. The number of esters is 1. The summed E-state index contributed by atoms with van der Waals surface area (Å²) in [7, 11) is 0. The predicted molar refractivity (Wildman–Crippen MR) is 75.5 cm³/mol. The van der Waals surface area contributed by atoms with Gasteiger partial charge in [-0.05, 0) is 35.0 Å². The Morgan fingerprint density at radius 3 is 2.76 bits per heavy atom. The van der Waals surface area contributed by atoms with E-state index in [1.165, 1.54) is 12.3 Å². The van der Waals surface area contributed by atoms with Crippen molar-refractivity contribution in [1.82, 2.24) is 9.97 Å². The Hall–Kier alpha value is -2.09. The monoisotopic (exact) mass is 357 g/mol. The summed E-state index contributed by atoms with van der Waals surface area (Å²) < 4.78 is 31.3. The van der Waals surface area contributed by atoms with Crippen LogP contribution in [0.15, 0.2) is 22.8 Å². The molecular formula is C13H10BrF2N3O2. The van der Waals surface area contributed by atoms with Crippen LogP contribution in [0.25, 0.3) is 11.4 Å². The van der Waals surface area contributed by atoms with E-state index in [4.69, 9.17) is 10.5 Å². The summed E-state index contributed by atoms with van der Waals surface area (Å²) in [6.45, 7) is 1.84. The lowest BCUT2D eigenvalue weighted by atomic mass is 10.2. The second-order valence-electron chi connectivity index (χ2n) is 3.94. The fraction of sp³-hybridized carbons (Fsp3) is 0.154. The van der Waals surface area contributed by atoms with Crippen molar-refractivity contribution in [2.45, 2.75) is 6.92 Å². The molecule has 5 nitrogen and oxygen atoms in total. The van der Waals surface area contributed by atoms with Crippen molar-refractivity contribution < 1.29 is 18.3 Å². The molecular weight excluding hydrogens is 348 g/mol. The Balaban J connectivity index is 2.46. The lowest BCUT2D eigenvalue weighted by molar-refractivity contribution is 0.0527. The highest BCUT2D eigenvalue weighted by Crippen LogP contribution is 2.30. The van der Waals surface area contributed by atoms with E-state index < -0.39 is 17.6 Å². The van der Waals surface area contributed by atoms with Crippen molar-refractivity contribution in [2.75, 3.05) is 12.3 Å². The molecule has 0 fully saturated rings. The van der Waals surface area contributed by atoms with Crippen LogP contribution < -0.4 is 5.73 Å². The topological polar surface area (TPSA) is 78.1 Å². The summed E-state index contributed by atoms with van der Waals surface area (Å²) in [5.41, 5.74) is 5.90. The van der Waals surface area contributed by atoms with E-state index in [1.54, 1.807) is 6.92 Å². The minimum absolute atomic E-state index is 0.0132. The maximum absolute atomic E-state index is 13.5. The van der Waals surface area contributed by atoms with E-state index in [2.05, 4.69) is 25.9 Å². The molecule has 21 heavy (non-hydrogen) atoms. The van der Waals surface area contributed by atoms with E-state index in [0.717, 1.165) is 6.07 Å². The quantitative estimate of drug-likeness (QED) is 0.674. The summed E-state index contributed by atoms with van der Waals surface area (Å²) >= 11 is 2.94. The van der Waals surface area contributed by atoms with Gasteiger partial charge >= 0.3 is 5.97 Å². The molecule has 0 unspecified atom stereocenters. The minimum Gasteiger partial charge on any atom is -0.462 e. The van der Waals surface area contributed by atoms with Crippen LogP contribution in [-0.4, -0.2) is 22.5 Å². The largest absolute Gasteiger partial charge is 0.462 e. The predicted octanol–water partition coefficient (Wildman–Crippen LogP) is 2.94. The van der Waals surface area contributed by atoms with Crippen LogP contribution in [0.2, 0.25) is 0 Å². The number of anilines is 1. The van der Waals surface area contributed by atoms with Crippen LogP contribution in [0.4, 0.5) is 14.6 Å². The smallest absolute Gasteiger partial charge is 0.343 e. The number of hydrogen-bond acceptors (Lipinski definition) is 5. The molecule has 0 radical (unpaired) electrons. The number of halogens is 3. The van der Waals surface area contributed by atoms with Gasteiger partial charge in [-0.15, -0.1) is 0 Å². The molecule has 0 atom stereocenters. The summed E-state index contributed by atoms with van der Waals surface area (Å²) in [5.74, 6) is -2.74. The summed E-state index contributed by atoms with van der Waals surface area (Å²) in [6.07, 6.45) is 1.18. The van der Waals surface area contributed by atoms with Crippen LogP contribution in [-0.2, 0) is 4.74 Å². The number of aromatic nitrogens is 2. The molecule has 0 amide bonds. The van der Waals surface area contributed by atoms with Crippen LogP contribution in [0.1, 0.15) is 17.3 Å². The van der Waals surface area contributed by atoms with Crippen LogP contribution in [0, 0.1) is 11.6 Å². The number of nitrogen functional groups attached to an aromatic ring is 1. The Morgan fingerprint density at radius 1 is 1.43 bits per heavy atom. The third kappa shape index (κ3) is 2.99. The molecule has 8 heteroatoms. The molecule has 2 rings (SSSR count). The van der Waals surface area contributed by atoms with Crippen molar-refractivity contribution in [1.29, 1.82) is 0 Å². The number of hydrogen-bond donors (Lipinski definition) is 1. The normalized spacial score (nSPS) is 10.5. The number of nitrogens with two attached hydrogens (primary N) is 1. The number of rotatable bonds is 3. The first-order chi connectivity index (χ1) is 9.95. The number of nitrogens with zero attached hydrogens (tertiary/aromatic N) is 2. The van der Waals surface area contributed by atoms with Crippen LogP contribution in [0.5, 0.6) is 0 Å². The summed E-state index contributed by atoms with van der Waals surface area (Å²) in [6, 6.07) is 2.26. The van der Waals surface area contributed by atoms with Gasteiger partial charge in [0.05, 0.1) is 11.1 Å². The SMILES string of the molecule is CCOC(=O)c1cnc(-c2ccc(F)c(F)c2Br)nc1N. The second kappa shape index (κ2) is 6.13. The molecule has 0 aliphatic carbocycles. The average Bonchev–Trinajstić information content (AvgIpc) is 2.45. The zero-order chi connectivity index (χ0) is 15.6. The van der Waals surface area contributed by atoms with E-state index in [-0.39, 0.29) is 33.8 Å². The number of ether oxygens (including phenoxy) is 1. The highest BCUT2D eigenvalue weighted by Gasteiger charge is 2.18. The molecule has 0 aliphatic rings. The molecule has 0 saturated carbocycles. The minimum atomic E-state index is -1.05. The van der Waals surface area contributed by atoms with Gasteiger partial charge in [-0.2, -0.15) is 0 Å². The van der Waals surface area contributed by atoms with Gasteiger partial charge in [0.1, 0.15) is 11.4 Å². The molecule has 110 valence electrons. The average molecular weight is 358 g/mol. The van der Waals surface area contributed by atoms with Crippen LogP contribution >= 0.6 is 15.9 Å². The number of carbonyl (C=O) groups is 1. The third-order valence-electron chi connectivity index (χ3n) is 2.59. The van der Waals surface area contributed by atoms with Gasteiger partial charge < -0.3 is 10.5 Å². The number of carbonyl (C=O) groups excluding carboxylic acids is 1. The summed E-state index contributed by atoms with van der Waals surface area (Å²) in [4.78, 5) is 19.4. The van der Waals surface area contributed by atoms with Crippen LogP contribution in [0.3, 0.4) is 0 Å². The standard InChI is InChI=1S/C13H10BrF2N3O2/c1-2-21-13(20)7-5-18-12(19-11(7)17)6-3-4-8(15)10(16)9(6)14/h3-5H,2H2,1H3,(H2,17,18,19). The Labute approximate surface area is 127 Å². The number of benzene rings is 1. The van der Waals surface area contributed by atoms with Gasteiger partial charge in [0.25, 0.3) is 0 Å². The lowest BCUT2D eigenvalue weighted by Gasteiger charge is -2.08. The maximum Gasteiger partial charge on any atom is 0.343 e. The highest BCUT2D eigenvalue weighted by atomic mass is 79.9. The van der Waals surface area contributed by atoms with Gasteiger partial charge in [-0.3, -0.25) is 0 Å². The van der Waals surface area contributed by atoms with Gasteiger partial charge in [-0.1, -0.05) is 0 Å². The van der Waals surface area contributed by atoms with E-state index in [9.17, 15) is 13.6 Å². The molecule has 1 aromatic heterocycles. The highest BCUT2D eigenvalue weighted by molar-refractivity contribution is 9.10. The molecule has 0 spiro atoms. The van der Waals surface area contributed by atoms with Crippen molar-refractivity contribution in [3.63, 3.8) is 0 Å². The first-order valence-corrected chi connectivity index (χ1v) is 6.68. The molecule has 0 saturated heterocycles. The van der Waals surface area contributed by atoms with Crippen molar-refractivity contribution in [2.24, 2.45) is 0 Å². The first kappa shape index (κ1) is 15.3. The Morgan fingerprint density at radius 2 is 2.14 bits per heavy atom. The molecule has 0 bridgehead atoms. The Kier molecular flexibility index (Phi) is 4.46. The molecule has 2 N–H and O–H groups in total. The van der Waals surface area contributed by atoms with Gasteiger partial charge in [0.2, 0.25) is 0 Å². The molecule has 1 aromatic carbocycles. The zero-order valence-electron chi connectivity index (χ0n) is 10.9. The van der Waals surface area contributed by atoms with Crippen molar-refractivity contribution in [3.8, 4) is 11.4 Å². The van der Waals surface area contributed by atoms with Gasteiger partial charge in [0, 0.05) is 11.8 Å². The fourth-order valence-electron chi connectivity index (χ4n) is 1.59. The van der Waals surface area contributed by atoms with E-state index in [1.807, 2.05) is 0 Å². The second-order valence-corrected chi connectivity index (χ2v) is 4.73. The third-order valence-corrected chi connectivity index (χ3v) is 3.36. The molecule has 0 aliphatic heterocycles. The molecule has 1 heterocycles. The van der Waals surface area contributed by atoms with Gasteiger partial charge in [0.15, 0.2) is 17.5 Å². The summed E-state index contributed by atoms with van der Waals surface area (Å²) in [5, 5.41) is 0. The molecule has 2 aromatic rings. The maximum atomic E-state index is 13.5. The van der Waals surface area contributed by atoms with E-state index >= 15 is 0 Å². The lowest BCUT2D eigenvalue weighted by Crippen LogP contribution is -2.11. The zero-order valence-corrected chi connectivity index (χ0v) is 12.4. The van der Waals surface area contributed by atoms with Gasteiger partial charge in [-0.25, -0.2) is 23.5 Å². The Bertz CT molecular complexity index is 710. The van der Waals surface area contributed by atoms with E-state index in [0.29, 0.717) is 0 Å². The first-order valence-electron chi connectivity index (χ1n) is 5.89. The van der Waals surface area contributed by atoms with Crippen molar-refractivity contribution >= 4 is 27.7 Å².